The molecular weight excluding hydrogens is 346 g/mol. The molecule has 0 radical (unpaired) electrons. The summed E-state index contributed by atoms with van der Waals surface area (Å²) in [5.74, 6) is -6.18. The number of hydrogen-bond donors (Lipinski definition) is 2. The summed E-state index contributed by atoms with van der Waals surface area (Å²) in [5, 5.41) is 18.6. The molecule has 5 nitrogen and oxygen atoms in total. The lowest BCUT2D eigenvalue weighted by Gasteiger charge is -2.22. The number of unbranched alkanes of at least 4 members (excludes halogenated alkanes) is 3. The van der Waals surface area contributed by atoms with Gasteiger partial charge in [0.05, 0.1) is 6.10 Å². The molecule has 0 aromatic rings. The fourth-order valence-electron chi connectivity index (χ4n) is 3.71. The number of carbonyl (C=O) groups excluding carboxylic acids is 2. The fourth-order valence-corrected chi connectivity index (χ4v) is 3.71. The van der Waals surface area contributed by atoms with Gasteiger partial charge in [-0.2, -0.15) is 8.78 Å². The van der Waals surface area contributed by atoms with E-state index in [2.05, 4.69) is 0 Å². The average Bonchev–Trinajstić information content (AvgIpc) is 2.81. The number of halogens is 2. The minimum Gasteiger partial charge on any atom is -0.481 e. The molecule has 1 rings (SSSR count). The molecule has 0 aromatic carbocycles. The lowest BCUT2D eigenvalue weighted by molar-refractivity contribution is -0.144. The molecule has 7 heteroatoms. The molecule has 2 N–H and O–H groups in total. The molecule has 0 saturated heterocycles. The van der Waals surface area contributed by atoms with E-state index in [1.165, 1.54) is 0 Å². The molecule has 1 saturated carbocycles. The van der Waals surface area contributed by atoms with Crippen LogP contribution in [0.4, 0.5) is 8.78 Å². The molecule has 1 aliphatic carbocycles. The van der Waals surface area contributed by atoms with Crippen molar-refractivity contribution in [2.75, 3.05) is 0 Å². The van der Waals surface area contributed by atoms with Crippen molar-refractivity contribution in [1.82, 2.24) is 0 Å². The Hall–Kier alpha value is -1.37. The van der Waals surface area contributed by atoms with Gasteiger partial charge in [-0.3, -0.25) is 14.4 Å². The van der Waals surface area contributed by atoms with E-state index in [1.54, 1.807) is 6.92 Å². The monoisotopic (exact) mass is 376 g/mol. The van der Waals surface area contributed by atoms with E-state index in [9.17, 15) is 28.3 Å². The molecule has 1 aliphatic rings. The zero-order chi connectivity index (χ0) is 19.7. The van der Waals surface area contributed by atoms with Crippen molar-refractivity contribution < 1.29 is 33.4 Å². The van der Waals surface area contributed by atoms with Crippen LogP contribution in [0.1, 0.15) is 77.6 Å². The first-order valence-electron chi connectivity index (χ1n) is 9.52. The smallest absolute Gasteiger partial charge is 0.305 e. The maximum atomic E-state index is 13.6. The highest BCUT2D eigenvalue weighted by molar-refractivity contribution is 5.86. The number of Topliss-reactive ketones (excluding diaryl/α,β-unsaturated/α-hetero) is 2. The number of aliphatic carboxylic acids is 1. The Labute approximate surface area is 153 Å². The maximum Gasteiger partial charge on any atom is 0.305 e. The van der Waals surface area contributed by atoms with Gasteiger partial charge < -0.3 is 10.2 Å². The number of rotatable bonds is 13. The third-order valence-corrected chi connectivity index (χ3v) is 5.17. The van der Waals surface area contributed by atoms with Gasteiger partial charge in [-0.1, -0.05) is 26.2 Å². The van der Waals surface area contributed by atoms with E-state index in [4.69, 9.17) is 5.11 Å². The van der Waals surface area contributed by atoms with Crippen LogP contribution in [0.2, 0.25) is 0 Å². The van der Waals surface area contributed by atoms with E-state index >= 15 is 0 Å². The first kappa shape index (κ1) is 22.7. The molecule has 1 fully saturated rings. The Morgan fingerprint density at radius 2 is 1.77 bits per heavy atom. The first-order valence-corrected chi connectivity index (χ1v) is 9.52. The van der Waals surface area contributed by atoms with Crippen LogP contribution in [0.15, 0.2) is 0 Å². The second-order valence-corrected chi connectivity index (χ2v) is 7.27. The Morgan fingerprint density at radius 1 is 1.12 bits per heavy atom. The van der Waals surface area contributed by atoms with Crippen LogP contribution < -0.4 is 0 Å². The quantitative estimate of drug-likeness (QED) is 0.478. The van der Waals surface area contributed by atoms with Gasteiger partial charge in [0.1, 0.15) is 5.78 Å². The van der Waals surface area contributed by atoms with Gasteiger partial charge in [0, 0.05) is 31.6 Å². The highest BCUT2D eigenvalue weighted by Crippen LogP contribution is 2.37. The summed E-state index contributed by atoms with van der Waals surface area (Å²) in [7, 11) is 0. The standard InChI is InChI=1S/C19H30F2O5/c1-2-11-19(20,21)17(24)10-9-14-13(15(22)12-16(14)23)7-5-3-4-6-8-18(25)26/h13-14,16,23H,2-12H2,1H3,(H,25,26)/t13-,14-,16-/m1/s1. The zero-order valence-corrected chi connectivity index (χ0v) is 15.4. The summed E-state index contributed by atoms with van der Waals surface area (Å²) in [6.45, 7) is 1.59. The van der Waals surface area contributed by atoms with Gasteiger partial charge in [0.15, 0.2) is 0 Å². The van der Waals surface area contributed by atoms with Crippen LogP contribution in [-0.4, -0.2) is 39.8 Å². The van der Waals surface area contributed by atoms with Gasteiger partial charge >= 0.3 is 11.9 Å². The number of aliphatic hydroxyl groups is 1. The number of aliphatic hydroxyl groups excluding tert-OH is 1. The van der Waals surface area contributed by atoms with Gasteiger partial charge in [-0.15, -0.1) is 0 Å². The molecule has 0 spiro atoms. The van der Waals surface area contributed by atoms with Gasteiger partial charge in [-0.25, -0.2) is 0 Å². The second-order valence-electron chi connectivity index (χ2n) is 7.27. The molecule has 0 unspecified atom stereocenters. The Balaban J connectivity index is 2.45. The van der Waals surface area contributed by atoms with Crippen LogP contribution in [0.5, 0.6) is 0 Å². The molecule has 0 amide bonds. The van der Waals surface area contributed by atoms with E-state index < -0.39 is 42.0 Å². The molecule has 150 valence electrons. The number of carboxylic acids is 1. The number of alkyl halides is 2. The van der Waals surface area contributed by atoms with Crippen LogP contribution in [0.25, 0.3) is 0 Å². The first-order chi connectivity index (χ1) is 12.2. The van der Waals surface area contributed by atoms with Crippen molar-refractivity contribution in [2.45, 2.75) is 89.6 Å². The minimum atomic E-state index is -3.33. The fraction of sp³-hybridized carbons (Fsp3) is 0.842. The molecule has 3 atom stereocenters. The van der Waals surface area contributed by atoms with Crippen molar-refractivity contribution in [3.8, 4) is 0 Å². The molecule has 0 bridgehead atoms. The Kier molecular flexibility index (Phi) is 9.33. The van der Waals surface area contributed by atoms with Gasteiger partial charge in [0.25, 0.3) is 0 Å². The third kappa shape index (κ3) is 7.09. The number of carboxylic acid groups (broad SMARTS) is 1. The predicted molar refractivity (Wildman–Crippen MR) is 92.0 cm³/mol. The largest absolute Gasteiger partial charge is 0.481 e. The van der Waals surface area contributed by atoms with Crippen LogP contribution >= 0.6 is 0 Å². The van der Waals surface area contributed by atoms with E-state index in [0.29, 0.717) is 12.8 Å². The van der Waals surface area contributed by atoms with E-state index in [1.807, 2.05) is 0 Å². The van der Waals surface area contributed by atoms with Crippen molar-refractivity contribution in [1.29, 1.82) is 0 Å². The summed E-state index contributed by atoms with van der Waals surface area (Å²) in [6, 6.07) is 0. The Morgan fingerprint density at radius 3 is 2.38 bits per heavy atom. The molecule has 0 heterocycles. The summed E-state index contributed by atoms with van der Waals surface area (Å²) in [6.07, 6.45) is 2.19. The third-order valence-electron chi connectivity index (χ3n) is 5.17. The van der Waals surface area contributed by atoms with Gasteiger partial charge in [-0.05, 0) is 31.6 Å². The van der Waals surface area contributed by atoms with Gasteiger partial charge in [0.2, 0.25) is 5.78 Å². The topological polar surface area (TPSA) is 91.7 Å². The van der Waals surface area contributed by atoms with E-state index in [-0.39, 0.29) is 37.9 Å². The zero-order valence-electron chi connectivity index (χ0n) is 15.4. The van der Waals surface area contributed by atoms with Crippen LogP contribution in [-0.2, 0) is 14.4 Å². The predicted octanol–water partition coefficient (Wildman–Crippen LogP) is 3.76. The summed E-state index contributed by atoms with van der Waals surface area (Å²) in [4.78, 5) is 34.3. The molecule has 0 aliphatic heterocycles. The lowest BCUT2D eigenvalue weighted by Crippen LogP contribution is -2.30. The normalized spacial score (nSPS) is 23.4. The van der Waals surface area contributed by atoms with Crippen molar-refractivity contribution >= 4 is 17.5 Å². The maximum absolute atomic E-state index is 13.6. The number of carbonyl (C=O) groups is 3. The molecule has 26 heavy (non-hydrogen) atoms. The summed E-state index contributed by atoms with van der Waals surface area (Å²) >= 11 is 0. The van der Waals surface area contributed by atoms with Crippen molar-refractivity contribution in [3.63, 3.8) is 0 Å². The molecule has 0 aromatic heterocycles. The van der Waals surface area contributed by atoms with E-state index in [0.717, 1.165) is 19.3 Å². The summed E-state index contributed by atoms with van der Waals surface area (Å²) < 4.78 is 27.2. The van der Waals surface area contributed by atoms with Crippen LogP contribution in [0, 0.1) is 11.8 Å². The Bertz CT molecular complexity index is 492. The summed E-state index contributed by atoms with van der Waals surface area (Å²) in [5.41, 5.74) is 0. The van der Waals surface area contributed by atoms with Crippen LogP contribution in [0.3, 0.4) is 0 Å². The second kappa shape index (κ2) is 10.7. The SMILES string of the molecule is CCCC(F)(F)C(=O)CC[C@H]1[C@H](O)CC(=O)[C@@H]1CCCCCCC(=O)O. The lowest BCUT2D eigenvalue weighted by atomic mass is 9.85. The number of ketones is 2. The highest BCUT2D eigenvalue weighted by Gasteiger charge is 2.43. The minimum absolute atomic E-state index is 0.0217. The van der Waals surface area contributed by atoms with Crippen molar-refractivity contribution in [3.05, 3.63) is 0 Å². The van der Waals surface area contributed by atoms with Crippen molar-refractivity contribution in [2.24, 2.45) is 11.8 Å². The highest BCUT2D eigenvalue weighted by atomic mass is 19.3. The number of hydrogen-bond acceptors (Lipinski definition) is 4. The average molecular weight is 376 g/mol. The molecular formula is C19H30F2O5.